The topological polar surface area (TPSA) is 95.7 Å². The van der Waals surface area contributed by atoms with E-state index in [4.69, 9.17) is 14.6 Å². The second-order valence-electron chi connectivity index (χ2n) is 3.84. The van der Waals surface area contributed by atoms with E-state index in [1.54, 1.807) is 0 Å². The minimum Gasteiger partial charge on any atom is -0.460 e. The lowest BCUT2D eigenvalue weighted by Crippen LogP contribution is -2.51. The fraction of sp³-hybridized carbons (Fsp3) is 0.857. The molecule has 2 aliphatic rings. The van der Waals surface area contributed by atoms with Crippen molar-refractivity contribution in [2.45, 2.75) is 12.5 Å². The second kappa shape index (κ2) is 2.91. The molecule has 1 atom stereocenters. The van der Waals surface area contributed by atoms with Crippen LogP contribution in [0.3, 0.4) is 0 Å². The molecule has 0 aromatic rings. The van der Waals surface area contributed by atoms with Gasteiger partial charge in [0.25, 0.3) is 0 Å². The zero-order chi connectivity index (χ0) is 10.4. The third-order valence-corrected chi connectivity index (χ3v) is 3.38. The first-order valence-corrected chi connectivity index (χ1v) is 5.91. The average Bonchev–Trinajstić information content (AvgIpc) is 2.21. The summed E-state index contributed by atoms with van der Waals surface area (Å²) in [6.45, 7) is 0.748. The summed E-state index contributed by atoms with van der Waals surface area (Å²) in [6, 6.07) is 0. The highest BCUT2D eigenvalue weighted by molar-refractivity contribution is 7.89. The smallest absolute Gasteiger partial charge is 0.307 e. The number of nitrogens with two attached hydrogens (primary N) is 1. The maximum Gasteiger partial charge on any atom is 0.307 e. The number of primary sulfonamides is 1. The van der Waals surface area contributed by atoms with E-state index in [1.165, 1.54) is 0 Å². The van der Waals surface area contributed by atoms with Gasteiger partial charge in [0, 0.05) is 0 Å². The van der Waals surface area contributed by atoms with Crippen LogP contribution in [-0.2, 0) is 24.3 Å². The SMILES string of the molecule is NS(=O)(=O)CC1OC(=O)CC12COC2. The first kappa shape index (κ1) is 9.88. The Morgan fingerprint density at radius 1 is 1.50 bits per heavy atom. The summed E-state index contributed by atoms with van der Waals surface area (Å²) in [5.74, 6) is -0.691. The van der Waals surface area contributed by atoms with Crippen molar-refractivity contribution in [1.82, 2.24) is 0 Å². The highest BCUT2D eigenvalue weighted by atomic mass is 32.2. The molecular formula is C7H11NO5S. The molecule has 2 fully saturated rings. The van der Waals surface area contributed by atoms with Gasteiger partial charge >= 0.3 is 5.97 Å². The molecule has 0 bridgehead atoms. The van der Waals surface area contributed by atoms with E-state index in [2.05, 4.69) is 0 Å². The molecule has 1 spiro atoms. The van der Waals surface area contributed by atoms with Gasteiger partial charge in [-0.25, -0.2) is 13.6 Å². The highest BCUT2D eigenvalue weighted by Crippen LogP contribution is 2.42. The van der Waals surface area contributed by atoms with E-state index in [1.807, 2.05) is 0 Å². The largest absolute Gasteiger partial charge is 0.460 e. The standard InChI is InChI=1S/C7H11NO5S/c8-14(10,11)2-5-7(3-12-4-7)1-6(9)13-5/h5H,1-4H2,(H2,8,10,11). The molecule has 0 radical (unpaired) electrons. The minimum atomic E-state index is -3.61. The molecule has 0 saturated carbocycles. The van der Waals surface area contributed by atoms with E-state index in [0.29, 0.717) is 13.2 Å². The maximum atomic E-state index is 11.0. The van der Waals surface area contributed by atoms with Crippen LogP contribution in [0.1, 0.15) is 6.42 Å². The number of carbonyl (C=O) groups is 1. The summed E-state index contributed by atoms with van der Waals surface area (Å²) in [5, 5.41) is 4.90. The molecule has 7 heteroatoms. The number of carbonyl (C=O) groups excluding carboxylic acids is 1. The van der Waals surface area contributed by atoms with E-state index in [0.717, 1.165) is 0 Å². The van der Waals surface area contributed by atoms with Crippen LogP contribution in [0.5, 0.6) is 0 Å². The molecule has 0 amide bonds. The van der Waals surface area contributed by atoms with Gasteiger partial charge in [0.05, 0.1) is 25.0 Å². The van der Waals surface area contributed by atoms with Gasteiger partial charge in [0.2, 0.25) is 10.0 Å². The lowest BCUT2D eigenvalue weighted by atomic mass is 9.80. The number of cyclic esters (lactones) is 1. The van der Waals surface area contributed by atoms with Gasteiger partial charge in [-0.05, 0) is 0 Å². The van der Waals surface area contributed by atoms with Crippen LogP contribution < -0.4 is 5.14 Å². The number of rotatable bonds is 2. The van der Waals surface area contributed by atoms with Crippen molar-refractivity contribution in [1.29, 1.82) is 0 Å². The lowest BCUT2D eigenvalue weighted by Gasteiger charge is -2.39. The van der Waals surface area contributed by atoms with Crippen molar-refractivity contribution in [3.63, 3.8) is 0 Å². The molecule has 6 nitrogen and oxygen atoms in total. The van der Waals surface area contributed by atoms with Crippen molar-refractivity contribution >= 4 is 16.0 Å². The molecule has 0 aromatic carbocycles. The molecule has 14 heavy (non-hydrogen) atoms. The van der Waals surface area contributed by atoms with Crippen molar-refractivity contribution in [2.24, 2.45) is 10.6 Å². The quantitative estimate of drug-likeness (QED) is 0.579. The molecule has 2 rings (SSSR count). The predicted molar refractivity (Wildman–Crippen MR) is 45.7 cm³/mol. The van der Waals surface area contributed by atoms with Crippen LogP contribution in [0, 0.1) is 5.41 Å². The summed E-state index contributed by atoms with van der Waals surface area (Å²) in [6.07, 6.45) is -0.411. The van der Waals surface area contributed by atoms with Crippen LogP contribution in [0.15, 0.2) is 0 Å². The fourth-order valence-electron chi connectivity index (χ4n) is 1.80. The van der Waals surface area contributed by atoms with Gasteiger partial charge in [-0.2, -0.15) is 0 Å². The van der Waals surface area contributed by atoms with E-state index < -0.39 is 21.5 Å². The Morgan fingerprint density at radius 3 is 2.57 bits per heavy atom. The molecule has 0 aromatic heterocycles. The van der Waals surface area contributed by atoms with Crippen LogP contribution in [0.2, 0.25) is 0 Å². The molecule has 2 aliphatic heterocycles. The number of sulfonamides is 1. The highest BCUT2D eigenvalue weighted by Gasteiger charge is 2.55. The molecule has 0 aliphatic carbocycles. The Balaban J connectivity index is 2.14. The number of ether oxygens (including phenoxy) is 2. The van der Waals surface area contributed by atoms with Crippen molar-refractivity contribution in [3.05, 3.63) is 0 Å². The second-order valence-corrected chi connectivity index (χ2v) is 5.50. The summed E-state index contributed by atoms with van der Waals surface area (Å²) in [4.78, 5) is 11.0. The first-order valence-electron chi connectivity index (χ1n) is 4.19. The predicted octanol–water partition coefficient (Wildman–Crippen LogP) is -1.39. The Labute approximate surface area is 81.4 Å². The molecule has 2 N–H and O–H groups in total. The van der Waals surface area contributed by atoms with Gasteiger partial charge in [-0.3, -0.25) is 4.79 Å². The minimum absolute atomic E-state index is 0.229. The average molecular weight is 221 g/mol. The lowest BCUT2D eigenvalue weighted by molar-refractivity contribution is -0.147. The van der Waals surface area contributed by atoms with Gasteiger partial charge in [0.15, 0.2) is 0 Å². The zero-order valence-corrected chi connectivity index (χ0v) is 8.25. The van der Waals surface area contributed by atoms with Crippen molar-refractivity contribution in [3.8, 4) is 0 Å². The Kier molecular flexibility index (Phi) is 2.06. The Hall–Kier alpha value is -0.660. The number of hydrogen-bond donors (Lipinski definition) is 1. The summed E-state index contributed by atoms with van der Waals surface area (Å²) >= 11 is 0. The maximum absolute atomic E-state index is 11.0. The van der Waals surface area contributed by atoms with Crippen molar-refractivity contribution < 1.29 is 22.7 Å². The van der Waals surface area contributed by atoms with Crippen LogP contribution in [0.4, 0.5) is 0 Å². The normalized spacial score (nSPS) is 30.1. The van der Waals surface area contributed by atoms with Gasteiger partial charge < -0.3 is 9.47 Å². The molecule has 80 valence electrons. The van der Waals surface area contributed by atoms with Gasteiger partial charge in [0.1, 0.15) is 11.9 Å². The van der Waals surface area contributed by atoms with Gasteiger partial charge in [-0.15, -0.1) is 0 Å². The van der Waals surface area contributed by atoms with Crippen LogP contribution in [-0.4, -0.2) is 39.5 Å². The first-order chi connectivity index (χ1) is 6.41. The summed E-state index contributed by atoms with van der Waals surface area (Å²) < 4.78 is 31.6. The monoisotopic (exact) mass is 221 g/mol. The zero-order valence-electron chi connectivity index (χ0n) is 7.43. The molecule has 1 unspecified atom stereocenters. The van der Waals surface area contributed by atoms with E-state index >= 15 is 0 Å². The van der Waals surface area contributed by atoms with Gasteiger partial charge in [-0.1, -0.05) is 0 Å². The van der Waals surface area contributed by atoms with Crippen LogP contribution >= 0.6 is 0 Å². The fourth-order valence-corrected chi connectivity index (χ4v) is 2.64. The third kappa shape index (κ3) is 1.62. The number of hydrogen-bond acceptors (Lipinski definition) is 5. The Morgan fingerprint density at radius 2 is 2.14 bits per heavy atom. The van der Waals surface area contributed by atoms with E-state index in [9.17, 15) is 13.2 Å². The Bertz CT molecular complexity index is 358. The molecule has 2 saturated heterocycles. The van der Waals surface area contributed by atoms with Crippen LogP contribution in [0.25, 0.3) is 0 Å². The summed E-state index contributed by atoms with van der Waals surface area (Å²) in [7, 11) is -3.61. The van der Waals surface area contributed by atoms with Crippen molar-refractivity contribution in [2.75, 3.05) is 19.0 Å². The molecule has 2 heterocycles. The summed E-state index contributed by atoms with van der Waals surface area (Å²) in [5.41, 5.74) is -0.441. The third-order valence-electron chi connectivity index (χ3n) is 2.62. The molecular weight excluding hydrogens is 210 g/mol. The number of esters is 1. The van der Waals surface area contributed by atoms with E-state index in [-0.39, 0.29) is 18.1 Å².